The molecule has 1 heterocycles. The Morgan fingerprint density at radius 1 is 1.88 bits per heavy atom. The summed E-state index contributed by atoms with van der Waals surface area (Å²) in [4.78, 5) is 3.81. The summed E-state index contributed by atoms with van der Waals surface area (Å²) in [7, 11) is 0. The first-order chi connectivity index (χ1) is 3.83. The van der Waals surface area contributed by atoms with Gasteiger partial charge in [-0.15, -0.1) is 0 Å². The molecular formula is C4H6N2OS. The van der Waals surface area contributed by atoms with E-state index in [4.69, 9.17) is 10.2 Å². The molecule has 0 aliphatic carbocycles. The van der Waals surface area contributed by atoms with Crippen molar-refractivity contribution < 1.29 is 4.42 Å². The van der Waals surface area contributed by atoms with Crippen molar-refractivity contribution in [2.45, 2.75) is 5.22 Å². The normalized spacial score (nSPS) is 9.62. The molecule has 0 aliphatic heterocycles. The monoisotopic (exact) mass is 130 g/mol. The minimum Gasteiger partial charge on any atom is -0.416 e. The second-order valence-electron chi connectivity index (χ2n) is 1.23. The van der Waals surface area contributed by atoms with E-state index in [1.165, 1.54) is 18.0 Å². The first kappa shape index (κ1) is 5.50. The summed E-state index contributed by atoms with van der Waals surface area (Å²) in [6.45, 7) is 0. The minimum atomic E-state index is 0.370. The van der Waals surface area contributed by atoms with Crippen molar-refractivity contribution in [1.82, 2.24) is 4.98 Å². The lowest BCUT2D eigenvalue weighted by Gasteiger charge is -1.79. The van der Waals surface area contributed by atoms with Crippen LogP contribution in [-0.2, 0) is 0 Å². The van der Waals surface area contributed by atoms with Crippen LogP contribution in [0.2, 0.25) is 0 Å². The van der Waals surface area contributed by atoms with E-state index in [2.05, 4.69) is 4.98 Å². The lowest BCUT2D eigenvalue weighted by atomic mass is 10.9. The molecular weight excluding hydrogens is 124 g/mol. The number of nitrogens with zero attached hydrogens (tertiary/aromatic N) is 1. The van der Waals surface area contributed by atoms with Crippen molar-refractivity contribution in [3.8, 4) is 0 Å². The molecule has 0 bridgehead atoms. The van der Waals surface area contributed by atoms with E-state index in [1.807, 2.05) is 6.26 Å². The highest BCUT2D eigenvalue weighted by Gasteiger charge is 1.94. The van der Waals surface area contributed by atoms with Crippen molar-refractivity contribution >= 4 is 17.6 Å². The van der Waals surface area contributed by atoms with E-state index in [1.54, 1.807) is 0 Å². The second-order valence-corrected chi connectivity index (χ2v) is 1.99. The van der Waals surface area contributed by atoms with Crippen molar-refractivity contribution in [3.05, 3.63) is 6.20 Å². The van der Waals surface area contributed by atoms with E-state index in [0.717, 1.165) is 0 Å². The van der Waals surface area contributed by atoms with Crippen LogP contribution < -0.4 is 5.73 Å². The Morgan fingerprint density at radius 2 is 2.62 bits per heavy atom. The Hall–Kier alpha value is -0.640. The molecule has 1 rings (SSSR count). The van der Waals surface area contributed by atoms with Crippen LogP contribution in [0.25, 0.3) is 0 Å². The van der Waals surface area contributed by atoms with Gasteiger partial charge < -0.3 is 10.2 Å². The Morgan fingerprint density at radius 3 is 2.88 bits per heavy atom. The molecule has 0 radical (unpaired) electrons. The number of oxazole rings is 1. The third kappa shape index (κ3) is 0.949. The number of thioether (sulfide) groups is 1. The zero-order valence-corrected chi connectivity index (χ0v) is 5.23. The van der Waals surface area contributed by atoms with Gasteiger partial charge in [-0.05, 0) is 6.26 Å². The molecule has 0 fully saturated rings. The predicted molar refractivity (Wildman–Crippen MR) is 32.7 cm³/mol. The van der Waals surface area contributed by atoms with Crippen molar-refractivity contribution in [2.24, 2.45) is 0 Å². The first-order valence-electron chi connectivity index (χ1n) is 2.08. The zero-order valence-electron chi connectivity index (χ0n) is 4.42. The number of hydrogen-bond donors (Lipinski definition) is 1. The smallest absolute Gasteiger partial charge is 0.257 e. The number of anilines is 1. The number of nitrogen functional groups attached to an aromatic ring is 1. The third-order valence-electron chi connectivity index (χ3n) is 0.677. The fraction of sp³-hybridized carbons (Fsp3) is 0.250. The molecule has 8 heavy (non-hydrogen) atoms. The van der Waals surface area contributed by atoms with Crippen LogP contribution in [-0.4, -0.2) is 11.2 Å². The van der Waals surface area contributed by atoms with Crippen LogP contribution >= 0.6 is 11.8 Å². The highest BCUT2D eigenvalue weighted by Crippen LogP contribution is 2.14. The van der Waals surface area contributed by atoms with Crippen LogP contribution in [0, 0.1) is 0 Å². The molecule has 1 aromatic heterocycles. The average Bonchev–Trinajstić information content (AvgIpc) is 2.14. The summed E-state index contributed by atoms with van der Waals surface area (Å²) in [6.07, 6.45) is 3.37. The molecule has 0 atom stereocenters. The van der Waals surface area contributed by atoms with E-state index in [0.29, 0.717) is 11.1 Å². The lowest BCUT2D eigenvalue weighted by molar-refractivity contribution is 0.471. The average molecular weight is 130 g/mol. The molecule has 0 saturated carbocycles. The molecule has 0 saturated heterocycles. The number of hydrogen-bond acceptors (Lipinski definition) is 4. The molecule has 0 unspecified atom stereocenters. The van der Waals surface area contributed by atoms with Crippen LogP contribution in [0.1, 0.15) is 0 Å². The highest BCUT2D eigenvalue weighted by molar-refractivity contribution is 7.98. The number of nitrogens with two attached hydrogens (primary N) is 1. The van der Waals surface area contributed by atoms with Gasteiger partial charge in [0.25, 0.3) is 5.22 Å². The van der Waals surface area contributed by atoms with E-state index < -0.39 is 0 Å². The second kappa shape index (κ2) is 2.09. The summed E-state index contributed by atoms with van der Waals surface area (Å²) >= 11 is 1.43. The molecule has 3 nitrogen and oxygen atoms in total. The molecule has 0 aliphatic rings. The maximum absolute atomic E-state index is 5.21. The summed E-state index contributed by atoms with van der Waals surface area (Å²) in [5.41, 5.74) is 5.21. The molecule has 4 heteroatoms. The van der Waals surface area contributed by atoms with Gasteiger partial charge in [0.15, 0.2) is 0 Å². The first-order valence-corrected chi connectivity index (χ1v) is 3.30. The van der Waals surface area contributed by atoms with Gasteiger partial charge in [0.1, 0.15) is 0 Å². The number of aromatic nitrogens is 1. The van der Waals surface area contributed by atoms with E-state index >= 15 is 0 Å². The van der Waals surface area contributed by atoms with Gasteiger partial charge in [0.05, 0.1) is 6.20 Å². The van der Waals surface area contributed by atoms with Crippen molar-refractivity contribution in [2.75, 3.05) is 12.0 Å². The van der Waals surface area contributed by atoms with Gasteiger partial charge in [-0.1, -0.05) is 11.8 Å². The van der Waals surface area contributed by atoms with Gasteiger partial charge in [-0.2, -0.15) is 0 Å². The van der Waals surface area contributed by atoms with E-state index in [-0.39, 0.29) is 0 Å². The predicted octanol–water partition coefficient (Wildman–Crippen LogP) is 0.979. The summed E-state index contributed by atoms with van der Waals surface area (Å²) < 4.78 is 4.86. The fourth-order valence-corrected chi connectivity index (χ4v) is 0.702. The summed E-state index contributed by atoms with van der Waals surface area (Å²) in [6, 6.07) is 0. The summed E-state index contributed by atoms with van der Waals surface area (Å²) in [5, 5.41) is 0.613. The topological polar surface area (TPSA) is 52.0 Å². The van der Waals surface area contributed by atoms with Gasteiger partial charge in [0, 0.05) is 0 Å². The van der Waals surface area contributed by atoms with Gasteiger partial charge in [-0.3, -0.25) is 0 Å². The third-order valence-corrected chi connectivity index (χ3v) is 1.21. The maximum Gasteiger partial charge on any atom is 0.257 e. The molecule has 2 N–H and O–H groups in total. The molecule has 0 amide bonds. The zero-order chi connectivity index (χ0) is 5.98. The van der Waals surface area contributed by atoms with Gasteiger partial charge >= 0.3 is 0 Å². The highest BCUT2D eigenvalue weighted by atomic mass is 32.2. The van der Waals surface area contributed by atoms with Crippen molar-refractivity contribution in [3.63, 3.8) is 0 Å². The van der Waals surface area contributed by atoms with Crippen LogP contribution in [0.3, 0.4) is 0 Å². The molecule has 1 aromatic rings. The largest absolute Gasteiger partial charge is 0.416 e. The van der Waals surface area contributed by atoms with Crippen molar-refractivity contribution in [1.29, 1.82) is 0 Å². The lowest BCUT2D eigenvalue weighted by Crippen LogP contribution is -1.75. The minimum absolute atomic E-state index is 0.370. The van der Waals surface area contributed by atoms with Crippen LogP contribution in [0.5, 0.6) is 0 Å². The van der Waals surface area contributed by atoms with Gasteiger partial charge in [-0.25, -0.2) is 4.98 Å². The quantitative estimate of drug-likeness (QED) is 0.576. The summed E-state index contributed by atoms with van der Waals surface area (Å²) in [5.74, 6) is 0.370. The molecule has 0 aromatic carbocycles. The molecule has 0 spiro atoms. The van der Waals surface area contributed by atoms with Crippen LogP contribution in [0.15, 0.2) is 15.8 Å². The standard InChI is InChI=1S/C4H6N2OS/c1-8-4-6-2-3(5)7-4/h2H,5H2,1H3. The Labute approximate surface area is 51.3 Å². The van der Waals surface area contributed by atoms with Gasteiger partial charge in [0.2, 0.25) is 5.88 Å². The number of rotatable bonds is 1. The SMILES string of the molecule is CSc1ncc(N)o1. The van der Waals surface area contributed by atoms with E-state index in [9.17, 15) is 0 Å². The maximum atomic E-state index is 5.21. The Bertz CT molecular complexity index is 174. The Balaban J connectivity index is 2.84. The van der Waals surface area contributed by atoms with Crippen LogP contribution in [0.4, 0.5) is 5.88 Å². The Kier molecular flexibility index (Phi) is 1.43. The fourth-order valence-electron chi connectivity index (χ4n) is 0.364. The molecule has 44 valence electrons.